The average molecular weight is 504 g/mol. The summed E-state index contributed by atoms with van der Waals surface area (Å²) < 4.78 is 86.7. The Labute approximate surface area is 192 Å². The molecule has 0 atom stereocenters. The smallest absolute Gasteiger partial charge is 0.388 e. The van der Waals surface area contributed by atoms with Crippen LogP contribution in [0.4, 0.5) is 26.3 Å². The summed E-state index contributed by atoms with van der Waals surface area (Å²) in [5, 5.41) is 15.2. The summed E-state index contributed by atoms with van der Waals surface area (Å²) in [6, 6.07) is 3.36. The number of fused-ring (bicyclic) bond motifs is 2. The van der Waals surface area contributed by atoms with Crippen LogP contribution in [0.25, 0.3) is 33.4 Å². The first-order chi connectivity index (χ1) is 16.7. The first-order valence-electron chi connectivity index (χ1n) is 10.1. The van der Waals surface area contributed by atoms with Crippen LogP contribution in [0, 0.1) is 0 Å². The van der Waals surface area contributed by atoms with Gasteiger partial charge in [-0.25, -0.2) is 18.4 Å². The quantitative estimate of drug-likeness (QED) is 0.392. The van der Waals surface area contributed by atoms with Crippen molar-refractivity contribution >= 4 is 11.0 Å². The summed E-state index contributed by atoms with van der Waals surface area (Å²) >= 11 is 0. The number of aliphatic hydroxyl groups excluding tert-OH is 1. The van der Waals surface area contributed by atoms with Gasteiger partial charge in [-0.3, -0.25) is 4.68 Å². The number of hydrogen-bond donors (Lipinski definition) is 2. The van der Waals surface area contributed by atoms with Gasteiger partial charge in [0.2, 0.25) is 11.8 Å². The van der Waals surface area contributed by atoms with E-state index in [9.17, 15) is 26.3 Å². The van der Waals surface area contributed by atoms with Gasteiger partial charge in [0.15, 0.2) is 0 Å². The number of H-pyrrole nitrogens is 1. The van der Waals surface area contributed by atoms with E-state index in [-0.39, 0.29) is 28.6 Å². The summed E-state index contributed by atoms with van der Waals surface area (Å²) in [5.41, 5.74) is 0.751. The minimum atomic E-state index is -3.17. The number of aryl methyl sites for hydroxylation is 2. The molecular weight excluding hydrogens is 486 g/mol. The van der Waals surface area contributed by atoms with Crippen LogP contribution in [-0.4, -0.2) is 54.5 Å². The number of nitrogens with one attached hydrogen (secondary N) is 1. The zero-order valence-corrected chi connectivity index (χ0v) is 17.9. The van der Waals surface area contributed by atoms with Crippen molar-refractivity contribution < 1.29 is 40.9 Å². The Morgan fingerprint density at radius 1 is 1.14 bits per heavy atom. The second-order valence-electron chi connectivity index (χ2n) is 7.24. The second kappa shape index (κ2) is 9.85. The van der Waals surface area contributed by atoms with Crippen LogP contribution in [0.5, 0.6) is 11.8 Å². The van der Waals surface area contributed by atoms with Crippen LogP contribution < -0.4 is 9.47 Å². The van der Waals surface area contributed by atoms with E-state index in [1.165, 1.54) is 21.8 Å². The molecule has 15 heteroatoms. The first kappa shape index (κ1) is 24.4. The highest BCUT2D eigenvalue weighted by atomic mass is 19.3. The highest BCUT2D eigenvalue weighted by molar-refractivity contribution is 6.04. The van der Waals surface area contributed by atoms with Gasteiger partial charge >= 0.3 is 13.2 Å². The Bertz CT molecular complexity index is 1320. The zero-order valence-electron chi connectivity index (χ0n) is 17.9. The fourth-order valence-electron chi connectivity index (χ4n) is 3.83. The van der Waals surface area contributed by atoms with E-state index in [4.69, 9.17) is 9.84 Å². The van der Waals surface area contributed by atoms with Crippen molar-refractivity contribution in [1.82, 2.24) is 29.5 Å². The monoisotopic (exact) mass is 504 g/mol. The van der Waals surface area contributed by atoms with Crippen LogP contribution in [0.1, 0.15) is 18.5 Å². The number of aliphatic hydroxyl groups is 1. The van der Waals surface area contributed by atoms with Crippen LogP contribution in [0.15, 0.2) is 24.5 Å². The Morgan fingerprint density at radius 2 is 1.89 bits per heavy atom. The number of alkyl halides is 6. The molecule has 0 spiro atoms. The van der Waals surface area contributed by atoms with Gasteiger partial charge in [0.25, 0.3) is 6.43 Å². The van der Waals surface area contributed by atoms with Crippen LogP contribution in [0.3, 0.4) is 0 Å². The zero-order chi connectivity index (χ0) is 25.3. The third-order valence-corrected chi connectivity index (χ3v) is 4.98. The molecule has 2 N–H and O–H groups in total. The van der Waals surface area contributed by atoms with Crippen molar-refractivity contribution in [1.29, 1.82) is 0 Å². The SMILES string of the molecule is Cn1cc(-c2c(-c3c(C(F)F)nn4c3OCCC4)[nH]c3ncccc23)c(OC(F)F)n1.OC(F)F. The first-order valence-corrected chi connectivity index (χ1v) is 10.1. The molecule has 9 nitrogen and oxygen atoms in total. The van der Waals surface area contributed by atoms with E-state index in [0.717, 1.165) is 0 Å². The molecule has 188 valence electrons. The second-order valence-corrected chi connectivity index (χ2v) is 7.24. The topological polar surface area (TPSA) is 103 Å². The Hall–Kier alpha value is -3.75. The molecule has 5 rings (SSSR count). The van der Waals surface area contributed by atoms with E-state index in [0.29, 0.717) is 36.2 Å². The predicted octanol–water partition coefficient (Wildman–Crippen LogP) is 4.35. The number of pyridine rings is 1. The molecule has 0 amide bonds. The van der Waals surface area contributed by atoms with Crippen LogP contribution >= 0.6 is 0 Å². The van der Waals surface area contributed by atoms with Gasteiger partial charge in [-0.15, -0.1) is 5.10 Å². The maximum absolute atomic E-state index is 13.9. The minimum absolute atomic E-state index is 0.0644. The number of nitrogens with zero attached hydrogens (tertiary/aromatic N) is 5. The lowest BCUT2D eigenvalue weighted by Gasteiger charge is -2.16. The van der Waals surface area contributed by atoms with E-state index in [1.807, 2.05) is 0 Å². The molecule has 0 saturated heterocycles. The van der Waals surface area contributed by atoms with E-state index < -0.39 is 25.3 Å². The number of hydrogen-bond acceptors (Lipinski definition) is 6. The summed E-state index contributed by atoms with van der Waals surface area (Å²) in [7, 11) is 1.55. The molecule has 0 radical (unpaired) electrons. The highest BCUT2D eigenvalue weighted by Gasteiger charge is 2.33. The van der Waals surface area contributed by atoms with Crippen molar-refractivity contribution in [2.75, 3.05) is 6.61 Å². The van der Waals surface area contributed by atoms with Gasteiger partial charge in [-0.2, -0.15) is 22.7 Å². The predicted molar refractivity (Wildman–Crippen MR) is 109 cm³/mol. The molecule has 0 aromatic carbocycles. The molecular formula is C20H18F6N6O3. The normalized spacial score (nSPS) is 13.2. The summed E-state index contributed by atoms with van der Waals surface area (Å²) in [5.74, 6) is -0.140. The lowest BCUT2D eigenvalue weighted by Crippen LogP contribution is -2.15. The van der Waals surface area contributed by atoms with Crippen molar-refractivity contribution in [3.8, 4) is 34.1 Å². The number of ether oxygens (including phenoxy) is 2. The Balaban J connectivity index is 0.000000672. The maximum atomic E-state index is 13.9. The fourth-order valence-corrected chi connectivity index (χ4v) is 3.83. The molecule has 5 heterocycles. The number of rotatable bonds is 5. The highest BCUT2D eigenvalue weighted by Crippen LogP contribution is 2.47. The number of aromatic amines is 1. The van der Waals surface area contributed by atoms with Gasteiger partial charge in [0.05, 0.1) is 23.4 Å². The molecule has 0 aliphatic carbocycles. The Kier molecular flexibility index (Phi) is 6.86. The molecule has 0 fully saturated rings. The lowest BCUT2D eigenvalue weighted by molar-refractivity contribution is -0.0729. The fraction of sp³-hybridized carbons (Fsp3) is 0.350. The van der Waals surface area contributed by atoms with Gasteiger partial charge in [0.1, 0.15) is 11.3 Å². The molecule has 0 bridgehead atoms. The van der Waals surface area contributed by atoms with Crippen molar-refractivity contribution in [2.45, 2.75) is 32.6 Å². The van der Waals surface area contributed by atoms with Gasteiger partial charge < -0.3 is 19.6 Å². The largest absolute Gasteiger partial charge is 0.477 e. The summed E-state index contributed by atoms with van der Waals surface area (Å²) in [6.45, 7) is -5.50. The van der Waals surface area contributed by atoms with Gasteiger partial charge in [-0.05, 0) is 12.1 Å². The van der Waals surface area contributed by atoms with Crippen molar-refractivity contribution in [3.05, 3.63) is 30.2 Å². The standard InChI is InChI=1S/C19H16F4N6O2.CH2F2O/c1-28-8-10(17(27-28)31-19(22)23)11-9-4-2-5-24-16(9)25-13(11)12-14(15(20)21)26-29-6-3-7-30-18(12)29;2-1(3)4/h2,4-5,8,15,19H,3,6-7H2,1H3,(H,24,25);1,4H. The van der Waals surface area contributed by atoms with Crippen LogP contribution in [0.2, 0.25) is 0 Å². The average Bonchev–Trinajstić information content (AvgIpc) is 3.45. The molecule has 35 heavy (non-hydrogen) atoms. The van der Waals surface area contributed by atoms with Crippen molar-refractivity contribution in [2.24, 2.45) is 7.05 Å². The Morgan fingerprint density at radius 3 is 2.57 bits per heavy atom. The third-order valence-electron chi connectivity index (χ3n) is 4.98. The van der Waals surface area contributed by atoms with Gasteiger partial charge in [0, 0.05) is 43.4 Å². The lowest BCUT2D eigenvalue weighted by atomic mass is 10.0. The molecule has 1 aliphatic rings. The molecule has 0 unspecified atom stereocenters. The molecule has 0 saturated carbocycles. The number of aromatic nitrogens is 6. The van der Waals surface area contributed by atoms with E-state index >= 15 is 0 Å². The maximum Gasteiger partial charge on any atom is 0.388 e. The van der Waals surface area contributed by atoms with Crippen molar-refractivity contribution in [3.63, 3.8) is 0 Å². The molecule has 4 aromatic rings. The summed E-state index contributed by atoms with van der Waals surface area (Å²) in [4.78, 5) is 7.30. The molecule has 1 aliphatic heterocycles. The minimum Gasteiger partial charge on any atom is -0.477 e. The van der Waals surface area contributed by atoms with Crippen LogP contribution in [-0.2, 0) is 13.6 Å². The third kappa shape index (κ3) is 4.89. The molecule has 4 aromatic heterocycles. The number of halogens is 6. The van der Waals surface area contributed by atoms with E-state index in [2.05, 4.69) is 24.9 Å². The summed E-state index contributed by atoms with van der Waals surface area (Å²) in [6.07, 6.45) is 0.766. The van der Waals surface area contributed by atoms with E-state index in [1.54, 1.807) is 19.2 Å². The van der Waals surface area contributed by atoms with Gasteiger partial charge in [-0.1, -0.05) is 0 Å².